The Bertz CT molecular complexity index is 490. The van der Waals surface area contributed by atoms with Crippen LogP contribution in [-0.2, 0) is 6.42 Å². The number of nitrogens with two attached hydrogens (primary N) is 1. The van der Waals surface area contributed by atoms with E-state index in [-0.39, 0.29) is 0 Å². The van der Waals surface area contributed by atoms with Gasteiger partial charge in [-0.2, -0.15) is 0 Å². The first-order valence-electron chi connectivity index (χ1n) is 4.63. The quantitative estimate of drug-likeness (QED) is 0.877. The lowest BCUT2D eigenvalue weighted by Crippen LogP contribution is -1.90. The molecule has 3 nitrogen and oxygen atoms in total. The summed E-state index contributed by atoms with van der Waals surface area (Å²) in [6.07, 6.45) is 0.790. The second-order valence-electron chi connectivity index (χ2n) is 3.29. The molecule has 0 spiro atoms. The van der Waals surface area contributed by atoms with Gasteiger partial charge in [0.25, 0.3) is 0 Å². The van der Waals surface area contributed by atoms with Crippen LogP contribution in [0.2, 0.25) is 5.02 Å². The first kappa shape index (κ1) is 10.5. The minimum atomic E-state index is 0.453. The molecule has 80 valence electrons. The van der Waals surface area contributed by atoms with Gasteiger partial charge < -0.3 is 10.3 Å². The Labute approximate surface area is 96.8 Å². The largest absolute Gasteiger partial charge is 0.381 e. The van der Waals surface area contributed by atoms with E-state index in [1.807, 2.05) is 19.2 Å². The van der Waals surface area contributed by atoms with Crippen molar-refractivity contribution >= 4 is 28.8 Å². The normalized spacial score (nSPS) is 10.9. The minimum Gasteiger partial charge on any atom is -0.381 e. The molecule has 0 saturated heterocycles. The fourth-order valence-corrected chi connectivity index (χ4v) is 2.71. The number of rotatable bonds is 2. The average Bonchev–Trinajstić information content (AvgIpc) is 2.73. The van der Waals surface area contributed by atoms with Gasteiger partial charge in [0.05, 0.1) is 9.90 Å². The van der Waals surface area contributed by atoms with Gasteiger partial charge in [0.1, 0.15) is 0 Å². The maximum atomic E-state index is 6.16. The Balaban J connectivity index is 2.58. The van der Waals surface area contributed by atoms with Crippen molar-refractivity contribution in [1.29, 1.82) is 0 Å². The van der Waals surface area contributed by atoms with E-state index < -0.39 is 0 Å². The van der Waals surface area contributed by atoms with Gasteiger partial charge in [-0.05, 0) is 24.3 Å². The summed E-state index contributed by atoms with van der Waals surface area (Å²) in [4.78, 5) is 0.912. The third kappa shape index (κ3) is 1.64. The fourth-order valence-electron chi connectivity index (χ4n) is 1.42. The van der Waals surface area contributed by atoms with Crippen LogP contribution < -0.4 is 5.73 Å². The van der Waals surface area contributed by atoms with Crippen LogP contribution in [0.5, 0.6) is 0 Å². The number of nitrogen functional groups attached to an aromatic ring is 1. The predicted molar refractivity (Wildman–Crippen MR) is 63.4 cm³/mol. The Morgan fingerprint density at radius 1 is 1.60 bits per heavy atom. The highest BCUT2D eigenvalue weighted by molar-refractivity contribution is 7.14. The van der Waals surface area contributed by atoms with Crippen LogP contribution in [-0.4, -0.2) is 5.16 Å². The first-order chi connectivity index (χ1) is 7.15. The van der Waals surface area contributed by atoms with E-state index in [0.29, 0.717) is 11.6 Å². The van der Waals surface area contributed by atoms with Crippen LogP contribution >= 0.6 is 22.9 Å². The maximum absolute atomic E-state index is 6.16. The van der Waals surface area contributed by atoms with Gasteiger partial charge in [-0.25, -0.2) is 0 Å². The number of aryl methyl sites for hydroxylation is 1. The van der Waals surface area contributed by atoms with Gasteiger partial charge >= 0.3 is 0 Å². The molecule has 0 saturated carbocycles. The molecule has 0 aromatic carbocycles. The van der Waals surface area contributed by atoms with Crippen LogP contribution in [0.4, 0.5) is 5.82 Å². The molecular formula is C10H11ClN2OS. The molecule has 0 aliphatic rings. The molecule has 0 radical (unpaired) electrons. The zero-order valence-corrected chi connectivity index (χ0v) is 10.1. The second-order valence-corrected chi connectivity index (χ2v) is 4.55. The van der Waals surface area contributed by atoms with E-state index in [1.54, 1.807) is 11.3 Å². The lowest BCUT2D eigenvalue weighted by molar-refractivity contribution is 0.436. The van der Waals surface area contributed by atoms with Crippen molar-refractivity contribution in [3.05, 3.63) is 21.5 Å². The van der Waals surface area contributed by atoms with Crippen molar-refractivity contribution in [1.82, 2.24) is 5.16 Å². The lowest BCUT2D eigenvalue weighted by atomic mass is 10.1. The van der Waals surface area contributed by atoms with E-state index in [4.69, 9.17) is 21.9 Å². The van der Waals surface area contributed by atoms with Crippen LogP contribution in [0.3, 0.4) is 0 Å². The summed E-state index contributed by atoms with van der Waals surface area (Å²) in [6.45, 7) is 3.98. The Morgan fingerprint density at radius 2 is 2.33 bits per heavy atom. The summed E-state index contributed by atoms with van der Waals surface area (Å²) in [5, 5.41) is 6.49. The molecule has 0 unspecified atom stereocenters. The molecule has 2 aromatic heterocycles. The van der Waals surface area contributed by atoms with Gasteiger partial charge in [-0.1, -0.05) is 23.7 Å². The van der Waals surface area contributed by atoms with E-state index in [0.717, 1.165) is 27.4 Å². The summed E-state index contributed by atoms with van der Waals surface area (Å²) in [7, 11) is 0. The summed E-state index contributed by atoms with van der Waals surface area (Å²) < 4.78 is 5.22. The molecule has 0 fully saturated rings. The van der Waals surface area contributed by atoms with E-state index in [9.17, 15) is 0 Å². The Hall–Kier alpha value is -1.00. The number of hydrogen-bond acceptors (Lipinski definition) is 4. The van der Waals surface area contributed by atoms with Crippen LogP contribution in [0.15, 0.2) is 9.90 Å². The van der Waals surface area contributed by atoms with Crippen LogP contribution in [0.1, 0.15) is 18.1 Å². The number of hydrogen-bond donors (Lipinski definition) is 1. The van der Waals surface area contributed by atoms with Crippen LogP contribution in [0, 0.1) is 6.92 Å². The molecule has 0 bridgehead atoms. The van der Waals surface area contributed by atoms with Crippen molar-refractivity contribution < 1.29 is 4.52 Å². The molecule has 2 heterocycles. The third-order valence-electron chi connectivity index (χ3n) is 2.28. The SMILES string of the molecule is CCc1c(N)noc1-c1scc(C)c1Cl. The van der Waals surface area contributed by atoms with Gasteiger partial charge in [0.15, 0.2) is 11.6 Å². The number of aromatic nitrogens is 1. The molecule has 0 amide bonds. The van der Waals surface area contributed by atoms with Gasteiger partial charge in [-0.3, -0.25) is 0 Å². The number of thiophene rings is 1. The highest BCUT2D eigenvalue weighted by atomic mass is 35.5. The molecule has 2 aromatic rings. The van der Waals surface area contributed by atoms with E-state index in [1.165, 1.54) is 0 Å². The van der Waals surface area contributed by atoms with Crippen molar-refractivity contribution in [3.8, 4) is 10.6 Å². The van der Waals surface area contributed by atoms with Gasteiger partial charge in [0, 0.05) is 5.56 Å². The summed E-state index contributed by atoms with van der Waals surface area (Å²) in [5.41, 5.74) is 7.68. The standard InChI is InChI=1S/C10H11ClN2OS/c1-3-6-8(14-13-10(6)12)9-7(11)5(2)4-15-9/h4H,3H2,1-2H3,(H2,12,13). The number of halogens is 1. The van der Waals surface area contributed by atoms with Crippen LogP contribution in [0.25, 0.3) is 10.6 Å². The molecule has 2 rings (SSSR count). The first-order valence-corrected chi connectivity index (χ1v) is 5.88. The second kappa shape index (κ2) is 3.87. The third-order valence-corrected chi connectivity index (χ3v) is 3.97. The summed E-state index contributed by atoms with van der Waals surface area (Å²) in [5.74, 6) is 1.16. The number of anilines is 1. The average molecular weight is 243 g/mol. The van der Waals surface area contributed by atoms with Crippen molar-refractivity contribution in [2.45, 2.75) is 20.3 Å². The molecule has 5 heteroatoms. The maximum Gasteiger partial charge on any atom is 0.183 e. The monoisotopic (exact) mass is 242 g/mol. The topological polar surface area (TPSA) is 52.0 Å². The zero-order valence-electron chi connectivity index (χ0n) is 8.50. The van der Waals surface area contributed by atoms with Crippen molar-refractivity contribution in [3.63, 3.8) is 0 Å². The molecule has 0 atom stereocenters. The number of nitrogens with zero attached hydrogens (tertiary/aromatic N) is 1. The highest BCUT2D eigenvalue weighted by Gasteiger charge is 2.18. The smallest absolute Gasteiger partial charge is 0.183 e. The van der Waals surface area contributed by atoms with Crippen molar-refractivity contribution in [2.24, 2.45) is 0 Å². The molecule has 0 aliphatic carbocycles. The fraction of sp³-hybridized carbons (Fsp3) is 0.300. The molecular weight excluding hydrogens is 232 g/mol. The van der Waals surface area contributed by atoms with E-state index in [2.05, 4.69) is 5.16 Å². The lowest BCUT2D eigenvalue weighted by Gasteiger charge is -1.96. The minimum absolute atomic E-state index is 0.453. The molecule has 15 heavy (non-hydrogen) atoms. The Kier molecular flexibility index (Phi) is 2.71. The molecule has 2 N–H and O–H groups in total. The summed E-state index contributed by atoms with van der Waals surface area (Å²) >= 11 is 7.71. The van der Waals surface area contributed by atoms with Gasteiger partial charge in [-0.15, -0.1) is 11.3 Å². The summed E-state index contributed by atoms with van der Waals surface area (Å²) in [6, 6.07) is 0. The molecule has 0 aliphatic heterocycles. The van der Waals surface area contributed by atoms with Gasteiger partial charge in [0.2, 0.25) is 0 Å². The highest BCUT2D eigenvalue weighted by Crippen LogP contribution is 2.39. The van der Waals surface area contributed by atoms with E-state index >= 15 is 0 Å². The Morgan fingerprint density at radius 3 is 2.87 bits per heavy atom. The zero-order chi connectivity index (χ0) is 11.0. The predicted octanol–water partition coefficient (Wildman–Crippen LogP) is 3.51. The van der Waals surface area contributed by atoms with Crippen molar-refractivity contribution in [2.75, 3.05) is 5.73 Å².